The highest BCUT2D eigenvalue weighted by Gasteiger charge is 2.33. The molecule has 5 heteroatoms. The van der Waals surface area contributed by atoms with E-state index < -0.39 is 6.04 Å². The van der Waals surface area contributed by atoms with Crippen LogP contribution >= 0.6 is 0 Å². The normalized spacial score (nSPS) is 16.7. The number of fused-ring (bicyclic) bond motifs is 1. The Labute approximate surface area is 160 Å². The standard InChI is InChI=1S/C22H26N2O3/c1-15(2)16-8-10-19(11-9-16)23-21(25)14-24-13-18-7-5-4-6-17(18)12-20(24)22(26)27-3/h4-11,15,20H,12-14H2,1-3H3,(H,23,25)/t20-/m1/s1. The largest absolute Gasteiger partial charge is 0.468 e. The van der Waals surface area contributed by atoms with Gasteiger partial charge in [-0.15, -0.1) is 0 Å². The van der Waals surface area contributed by atoms with Crippen molar-refractivity contribution in [2.45, 2.75) is 38.8 Å². The lowest BCUT2D eigenvalue weighted by Gasteiger charge is -2.34. The van der Waals surface area contributed by atoms with Gasteiger partial charge in [0, 0.05) is 12.2 Å². The van der Waals surface area contributed by atoms with E-state index in [-0.39, 0.29) is 18.4 Å². The van der Waals surface area contributed by atoms with Gasteiger partial charge in [0.15, 0.2) is 0 Å². The van der Waals surface area contributed by atoms with Gasteiger partial charge in [0.1, 0.15) is 6.04 Å². The van der Waals surface area contributed by atoms with E-state index >= 15 is 0 Å². The maximum atomic E-state index is 12.6. The fourth-order valence-corrected chi connectivity index (χ4v) is 3.45. The van der Waals surface area contributed by atoms with Crippen molar-refractivity contribution in [1.29, 1.82) is 0 Å². The van der Waals surface area contributed by atoms with Crippen LogP contribution in [0.3, 0.4) is 0 Å². The van der Waals surface area contributed by atoms with Gasteiger partial charge < -0.3 is 10.1 Å². The number of carbonyl (C=O) groups excluding carboxylic acids is 2. The molecular formula is C22H26N2O3. The van der Waals surface area contributed by atoms with Gasteiger partial charge in [0.25, 0.3) is 0 Å². The quantitative estimate of drug-likeness (QED) is 0.825. The molecule has 1 aliphatic heterocycles. The van der Waals surface area contributed by atoms with Gasteiger partial charge in [0.05, 0.1) is 13.7 Å². The van der Waals surface area contributed by atoms with Gasteiger partial charge >= 0.3 is 5.97 Å². The van der Waals surface area contributed by atoms with Crippen molar-refractivity contribution in [2.75, 3.05) is 19.0 Å². The predicted octanol–water partition coefficient (Wildman–Crippen LogP) is 3.35. The number of hydrogen-bond donors (Lipinski definition) is 1. The summed E-state index contributed by atoms with van der Waals surface area (Å²) in [7, 11) is 1.39. The van der Waals surface area contributed by atoms with E-state index in [1.165, 1.54) is 12.7 Å². The molecule has 0 fully saturated rings. The number of nitrogens with zero attached hydrogens (tertiary/aromatic N) is 1. The first-order valence-electron chi connectivity index (χ1n) is 9.26. The molecule has 0 aliphatic carbocycles. The smallest absolute Gasteiger partial charge is 0.323 e. The fourth-order valence-electron chi connectivity index (χ4n) is 3.45. The van der Waals surface area contributed by atoms with Gasteiger partial charge in [0.2, 0.25) is 5.91 Å². The molecular weight excluding hydrogens is 340 g/mol. The minimum atomic E-state index is -0.445. The van der Waals surface area contributed by atoms with Crippen LogP contribution in [0.5, 0.6) is 0 Å². The molecule has 2 aromatic rings. The van der Waals surface area contributed by atoms with E-state index in [4.69, 9.17) is 4.74 Å². The molecule has 0 aromatic heterocycles. The number of ether oxygens (including phenoxy) is 1. The summed E-state index contributed by atoms with van der Waals surface area (Å²) in [6.45, 7) is 4.96. The number of amides is 1. The van der Waals surface area contributed by atoms with Crippen LogP contribution in [0.25, 0.3) is 0 Å². The number of carbonyl (C=O) groups is 2. The number of esters is 1. The van der Waals surface area contributed by atoms with Crippen molar-refractivity contribution in [1.82, 2.24) is 4.90 Å². The number of anilines is 1. The summed E-state index contributed by atoms with van der Waals surface area (Å²) >= 11 is 0. The monoisotopic (exact) mass is 366 g/mol. The first-order chi connectivity index (χ1) is 13.0. The molecule has 27 heavy (non-hydrogen) atoms. The first kappa shape index (κ1) is 19.1. The molecule has 1 heterocycles. The van der Waals surface area contributed by atoms with Crippen molar-refractivity contribution in [3.05, 3.63) is 65.2 Å². The van der Waals surface area contributed by atoms with Crippen molar-refractivity contribution in [3.63, 3.8) is 0 Å². The first-order valence-corrected chi connectivity index (χ1v) is 9.26. The minimum Gasteiger partial charge on any atom is -0.468 e. The van der Waals surface area contributed by atoms with Crippen molar-refractivity contribution < 1.29 is 14.3 Å². The molecule has 1 N–H and O–H groups in total. The summed E-state index contributed by atoms with van der Waals surface area (Å²) < 4.78 is 4.96. The van der Waals surface area contributed by atoms with Crippen molar-refractivity contribution in [2.24, 2.45) is 0 Å². The van der Waals surface area contributed by atoms with E-state index in [1.807, 2.05) is 53.4 Å². The summed E-state index contributed by atoms with van der Waals surface area (Å²) in [5.74, 6) is 0.00292. The van der Waals surface area contributed by atoms with Crippen LogP contribution in [0.1, 0.15) is 36.5 Å². The maximum Gasteiger partial charge on any atom is 0.323 e. The molecule has 0 bridgehead atoms. The highest BCUT2D eigenvalue weighted by atomic mass is 16.5. The summed E-state index contributed by atoms with van der Waals surface area (Å²) in [4.78, 5) is 26.7. The van der Waals surface area contributed by atoms with E-state index in [1.54, 1.807) is 0 Å². The molecule has 5 nitrogen and oxygen atoms in total. The molecule has 3 rings (SSSR count). The summed E-state index contributed by atoms with van der Waals surface area (Å²) in [6, 6.07) is 15.4. The summed E-state index contributed by atoms with van der Waals surface area (Å²) in [5, 5.41) is 2.92. The topological polar surface area (TPSA) is 58.6 Å². The van der Waals surface area contributed by atoms with Gasteiger partial charge in [-0.1, -0.05) is 50.2 Å². The lowest BCUT2D eigenvalue weighted by molar-refractivity contribution is -0.148. The SMILES string of the molecule is COC(=O)[C@H]1Cc2ccccc2CN1CC(=O)Nc1ccc(C(C)C)cc1. The number of nitrogens with one attached hydrogen (secondary N) is 1. The van der Waals surface area contributed by atoms with Gasteiger partial charge in [-0.3, -0.25) is 14.5 Å². The van der Waals surface area contributed by atoms with Crippen LogP contribution in [0, 0.1) is 0 Å². The van der Waals surface area contributed by atoms with Crippen molar-refractivity contribution >= 4 is 17.6 Å². The zero-order valence-corrected chi connectivity index (χ0v) is 16.1. The Bertz CT molecular complexity index is 815. The lowest BCUT2D eigenvalue weighted by Crippen LogP contribution is -2.49. The fraction of sp³-hybridized carbons (Fsp3) is 0.364. The van der Waals surface area contributed by atoms with E-state index in [2.05, 4.69) is 19.2 Å². The number of hydrogen-bond acceptors (Lipinski definition) is 4. The molecule has 1 atom stereocenters. The van der Waals surface area contributed by atoms with Crippen LogP contribution in [-0.2, 0) is 27.3 Å². The molecule has 0 spiro atoms. The predicted molar refractivity (Wildman–Crippen MR) is 106 cm³/mol. The Kier molecular flexibility index (Phi) is 5.91. The highest BCUT2D eigenvalue weighted by molar-refractivity contribution is 5.92. The van der Waals surface area contributed by atoms with Gasteiger partial charge in [-0.2, -0.15) is 0 Å². The molecule has 2 aromatic carbocycles. The average Bonchev–Trinajstić information content (AvgIpc) is 2.67. The molecule has 0 radical (unpaired) electrons. The third-order valence-corrected chi connectivity index (χ3v) is 5.03. The van der Waals surface area contributed by atoms with Crippen LogP contribution in [0.4, 0.5) is 5.69 Å². The summed E-state index contributed by atoms with van der Waals surface area (Å²) in [6.07, 6.45) is 0.555. The summed E-state index contributed by atoms with van der Waals surface area (Å²) in [5.41, 5.74) is 4.27. The highest BCUT2D eigenvalue weighted by Crippen LogP contribution is 2.24. The van der Waals surface area contributed by atoms with E-state index in [0.29, 0.717) is 18.9 Å². The second kappa shape index (κ2) is 8.35. The Morgan fingerprint density at radius 2 is 1.78 bits per heavy atom. The second-order valence-corrected chi connectivity index (χ2v) is 7.24. The lowest BCUT2D eigenvalue weighted by atomic mass is 9.94. The van der Waals surface area contributed by atoms with Crippen LogP contribution in [-0.4, -0.2) is 36.5 Å². The molecule has 1 aliphatic rings. The maximum absolute atomic E-state index is 12.6. The Morgan fingerprint density at radius 1 is 1.11 bits per heavy atom. The zero-order chi connectivity index (χ0) is 19.4. The Morgan fingerprint density at radius 3 is 2.41 bits per heavy atom. The Hall–Kier alpha value is -2.66. The van der Waals surface area contributed by atoms with Gasteiger partial charge in [-0.25, -0.2) is 0 Å². The third kappa shape index (κ3) is 4.55. The van der Waals surface area contributed by atoms with Crippen LogP contribution in [0.2, 0.25) is 0 Å². The molecule has 142 valence electrons. The number of rotatable bonds is 5. The average molecular weight is 366 g/mol. The van der Waals surface area contributed by atoms with Crippen LogP contribution < -0.4 is 5.32 Å². The second-order valence-electron chi connectivity index (χ2n) is 7.24. The molecule has 0 saturated carbocycles. The van der Waals surface area contributed by atoms with Gasteiger partial charge in [-0.05, 0) is 41.2 Å². The molecule has 1 amide bonds. The molecule has 0 saturated heterocycles. The third-order valence-electron chi connectivity index (χ3n) is 5.03. The minimum absolute atomic E-state index is 0.138. The number of benzene rings is 2. The van der Waals surface area contributed by atoms with E-state index in [0.717, 1.165) is 16.8 Å². The van der Waals surface area contributed by atoms with Crippen LogP contribution in [0.15, 0.2) is 48.5 Å². The molecule has 0 unspecified atom stereocenters. The van der Waals surface area contributed by atoms with Crippen molar-refractivity contribution in [3.8, 4) is 0 Å². The van der Waals surface area contributed by atoms with E-state index in [9.17, 15) is 9.59 Å². The zero-order valence-electron chi connectivity index (χ0n) is 16.1. The Balaban J connectivity index is 1.70. The number of methoxy groups -OCH3 is 1.